The third-order valence-corrected chi connectivity index (χ3v) is 1.92. The van der Waals surface area contributed by atoms with Gasteiger partial charge >= 0.3 is 0 Å². The second kappa shape index (κ2) is 7.19. The number of amides is 2. The van der Waals surface area contributed by atoms with Crippen molar-refractivity contribution in [2.24, 2.45) is 11.5 Å². The van der Waals surface area contributed by atoms with Gasteiger partial charge in [0.1, 0.15) is 0 Å². The Bertz CT molecular complexity index is 218. The summed E-state index contributed by atoms with van der Waals surface area (Å²) in [7, 11) is 3.93. The summed E-state index contributed by atoms with van der Waals surface area (Å²) >= 11 is 0. The Morgan fingerprint density at radius 2 is 1.93 bits per heavy atom. The first-order chi connectivity index (χ1) is 6.93. The van der Waals surface area contributed by atoms with Crippen LogP contribution in [-0.2, 0) is 9.59 Å². The van der Waals surface area contributed by atoms with Gasteiger partial charge in [0.2, 0.25) is 11.8 Å². The van der Waals surface area contributed by atoms with E-state index in [1.165, 1.54) is 0 Å². The van der Waals surface area contributed by atoms with Gasteiger partial charge in [-0.05, 0) is 33.6 Å². The molecule has 0 spiro atoms. The highest BCUT2D eigenvalue weighted by Crippen LogP contribution is 1.91. The van der Waals surface area contributed by atoms with Crippen molar-refractivity contribution >= 4 is 11.8 Å². The van der Waals surface area contributed by atoms with Gasteiger partial charge in [-0.15, -0.1) is 0 Å². The zero-order valence-electron chi connectivity index (χ0n) is 9.32. The SMILES string of the molecule is CN(C)CCCN[C@@H](CC(N)=O)C(N)=O. The minimum absolute atomic E-state index is 0.0443. The maximum Gasteiger partial charge on any atom is 0.235 e. The number of nitrogens with one attached hydrogen (secondary N) is 1. The zero-order chi connectivity index (χ0) is 11.8. The Hall–Kier alpha value is -1.14. The fraction of sp³-hybridized carbons (Fsp3) is 0.778. The monoisotopic (exact) mass is 216 g/mol. The molecule has 0 heterocycles. The molecule has 88 valence electrons. The molecule has 6 nitrogen and oxygen atoms in total. The van der Waals surface area contributed by atoms with Crippen LogP contribution in [0.15, 0.2) is 0 Å². The van der Waals surface area contributed by atoms with Crippen LogP contribution in [-0.4, -0.2) is 49.9 Å². The summed E-state index contributed by atoms with van der Waals surface area (Å²) in [6, 6.07) is -0.648. The largest absolute Gasteiger partial charge is 0.370 e. The van der Waals surface area contributed by atoms with Crippen molar-refractivity contribution < 1.29 is 9.59 Å². The Balaban J connectivity index is 3.77. The average Bonchev–Trinajstić information content (AvgIpc) is 2.08. The average molecular weight is 216 g/mol. The smallest absolute Gasteiger partial charge is 0.235 e. The quantitative estimate of drug-likeness (QED) is 0.419. The van der Waals surface area contributed by atoms with E-state index in [0.717, 1.165) is 13.0 Å². The minimum Gasteiger partial charge on any atom is -0.370 e. The topological polar surface area (TPSA) is 101 Å². The van der Waals surface area contributed by atoms with Crippen molar-refractivity contribution in [1.29, 1.82) is 0 Å². The van der Waals surface area contributed by atoms with E-state index in [9.17, 15) is 9.59 Å². The van der Waals surface area contributed by atoms with Gasteiger partial charge in [0.25, 0.3) is 0 Å². The highest BCUT2D eigenvalue weighted by molar-refractivity contribution is 5.86. The number of nitrogens with two attached hydrogens (primary N) is 2. The van der Waals surface area contributed by atoms with Crippen LogP contribution in [0.2, 0.25) is 0 Å². The molecule has 6 heteroatoms. The maximum absolute atomic E-state index is 10.9. The van der Waals surface area contributed by atoms with Crippen LogP contribution >= 0.6 is 0 Å². The molecule has 0 fully saturated rings. The highest BCUT2D eigenvalue weighted by atomic mass is 16.2. The molecule has 0 aromatic carbocycles. The van der Waals surface area contributed by atoms with E-state index in [1.54, 1.807) is 0 Å². The molecule has 0 bridgehead atoms. The van der Waals surface area contributed by atoms with E-state index in [1.807, 2.05) is 19.0 Å². The van der Waals surface area contributed by atoms with E-state index in [-0.39, 0.29) is 6.42 Å². The van der Waals surface area contributed by atoms with Gasteiger partial charge < -0.3 is 21.7 Å². The van der Waals surface area contributed by atoms with Gasteiger partial charge in [-0.2, -0.15) is 0 Å². The van der Waals surface area contributed by atoms with Crippen molar-refractivity contribution in [3.8, 4) is 0 Å². The Morgan fingerprint density at radius 1 is 1.33 bits per heavy atom. The van der Waals surface area contributed by atoms with E-state index >= 15 is 0 Å². The van der Waals surface area contributed by atoms with E-state index in [0.29, 0.717) is 6.54 Å². The van der Waals surface area contributed by atoms with Crippen LogP contribution in [0.5, 0.6) is 0 Å². The molecule has 0 aromatic heterocycles. The van der Waals surface area contributed by atoms with E-state index < -0.39 is 17.9 Å². The normalized spacial score (nSPS) is 12.7. The molecule has 0 saturated carbocycles. The van der Waals surface area contributed by atoms with Gasteiger partial charge in [-0.1, -0.05) is 0 Å². The van der Waals surface area contributed by atoms with Crippen LogP contribution in [0.4, 0.5) is 0 Å². The standard InChI is InChI=1S/C9H20N4O2/c1-13(2)5-3-4-12-7(9(11)15)6-8(10)14/h7,12H,3-6H2,1-2H3,(H2,10,14)(H2,11,15)/t7-/m0/s1. The number of carbonyl (C=O) groups excluding carboxylic acids is 2. The summed E-state index contributed by atoms with van der Waals surface area (Å²) in [5, 5.41) is 2.90. The molecule has 0 rings (SSSR count). The predicted molar refractivity (Wildman–Crippen MR) is 58.0 cm³/mol. The van der Waals surface area contributed by atoms with Crippen molar-refractivity contribution in [3.63, 3.8) is 0 Å². The Morgan fingerprint density at radius 3 is 2.33 bits per heavy atom. The summed E-state index contributed by atoms with van der Waals surface area (Å²) in [4.78, 5) is 23.6. The fourth-order valence-corrected chi connectivity index (χ4v) is 1.15. The number of hydrogen-bond donors (Lipinski definition) is 3. The molecule has 15 heavy (non-hydrogen) atoms. The first kappa shape index (κ1) is 13.9. The molecule has 0 aliphatic heterocycles. The number of primary amides is 2. The third-order valence-electron chi connectivity index (χ3n) is 1.92. The van der Waals surface area contributed by atoms with Crippen LogP contribution in [0.25, 0.3) is 0 Å². The summed E-state index contributed by atoms with van der Waals surface area (Å²) in [5.41, 5.74) is 10.1. The first-order valence-corrected chi connectivity index (χ1v) is 4.89. The van der Waals surface area contributed by atoms with Crippen molar-refractivity contribution in [2.75, 3.05) is 27.2 Å². The Labute approximate surface area is 90.0 Å². The number of carbonyl (C=O) groups is 2. The highest BCUT2D eigenvalue weighted by Gasteiger charge is 2.16. The number of rotatable bonds is 8. The fourth-order valence-electron chi connectivity index (χ4n) is 1.15. The second-order valence-electron chi connectivity index (χ2n) is 3.74. The van der Waals surface area contributed by atoms with Crippen molar-refractivity contribution in [1.82, 2.24) is 10.2 Å². The summed E-state index contributed by atoms with van der Waals surface area (Å²) in [6.07, 6.45) is 0.840. The molecule has 0 aliphatic carbocycles. The lowest BCUT2D eigenvalue weighted by molar-refractivity contribution is -0.125. The van der Waals surface area contributed by atoms with Gasteiger partial charge in [0, 0.05) is 0 Å². The first-order valence-electron chi connectivity index (χ1n) is 4.89. The van der Waals surface area contributed by atoms with Crippen LogP contribution in [0.3, 0.4) is 0 Å². The summed E-state index contributed by atoms with van der Waals surface area (Å²) in [5.74, 6) is -1.07. The maximum atomic E-state index is 10.9. The third kappa shape index (κ3) is 7.90. The van der Waals surface area contributed by atoms with Gasteiger partial charge in [0.05, 0.1) is 12.5 Å². The van der Waals surface area contributed by atoms with E-state index in [2.05, 4.69) is 5.32 Å². The molecular weight excluding hydrogens is 196 g/mol. The van der Waals surface area contributed by atoms with Crippen LogP contribution in [0, 0.1) is 0 Å². The lowest BCUT2D eigenvalue weighted by Crippen LogP contribution is -2.44. The second-order valence-corrected chi connectivity index (χ2v) is 3.74. The molecule has 0 saturated heterocycles. The molecule has 0 aromatic rings. The van der Waals surface area contributed by atoms with Crippen LogP contribution in [0.1, 0.15) is 12.8 Å². The lowest BCUT2D eigenvalue weighted by atomic mass is 10.2. The van der Waals surface area contributed by atoms with Crippen molar-refractivity contribution in [3.05, 3.63) is 0 Å². The Kier molecular flexibility index (Phi) is 6.64. The van der Waals surface area contributed by atoms with Gasteiger partial charge in [0.15, 0.2) is 0 Å². The molecule has 0 radical (unpaired) electrons. The number of nitrogens with zero attached hydrogens (tertiary/aromatic N) is 1. The molecule has 0 unspecified atom stereocenters. The molecule has 1 atom stereocenters. The van der Waals surface area contributed by atoms with Crippen LogP contribution < -0.4 is 16.8 Å². The minimum atomic E-state index is -0.648. The van der Waals surface area contributed by atoms with Gasteiger partial charge in [-0.25, -0.2) is 0 Å². The molecule has 0 aliphatic rings. The summed E-state index contributed by atoms with van der Waals surface area (Å²) in [6.45, 7) is 1.55. The zero-order valence-corrected chi connectivity index (χ0v) is 9.32. The molecule has 2 amide bonds. The summed E-state index contributed by atoms with van der Waals surface area (Å²) < 4.78 is 0. The molecular formula is C9H20N4O2. The van der Waals surface area contributed by atoms with Gasteiger partial charge in [-0.3, -0.25) is 9.59 Å². The van der Waals surface area contributed by atoms with Crippen molar-refractivity contribution in [2.45, 2.75) is 18.9 Å². The number of hydrogen-bond acceptors (Lipinski definition) is 4. The lowest BCUT2D eigenvalue weighted by Gasteiger charge is -2.14. The van der Waals surface area contributed by atoms with E-state index in [4.69, 9.17) is 11.5 Å². The predicted octanol–water partition coefficient (Wildman–Crippen LogP) is -1.74. The molecule has 5 N–H and O–H groups in total.